The van der Waals surface area contributed by atoms with E-state index in [1.807, 2.05) is 0 Å². The molecule has 1 aliphatic rings. The van der Waals surface area contributed by atoms with Crippen molar-refractivity contribution in [2.45, 2.75) is 6.61 Å². The van der Waals surface area contributed by atoms with Crippen molar-refractivity contribution in [1.29, 1.82) is 0 Å². The lowest BCUT2D eigenvalue weighted by molar-refractivity contribution is -0.122. The quantitative estimate of drug-likeness (QED) is 0.274. The number of rotatable bonds is 6. The number of barbiturate groups is 1. The predicted molar refractivity (Wildman–Crippen MR) is 137 cm³/mol. The van der Waals surface area contributed by atoms with Crippen molar-refractivity contribution in [2.75, 3.05) is 12.0 Å². The summed E-state index contributed by atoms with van der Waals surface area (Å²) in [5, 5.41) is 3.00. The molecule has 0 aromatic heterocycles. The number of methoxy groups -OCH3 is 1. The highest BCUT2D eigenvalue weighted by atomic mass is 79.9. The fraction of sp³-hybridized carbons (Fsp3) is 0.0800. The van der Waals surface area contributed by atoms with Gasteiger partial charge in [0.25, 0.3) is 11.8 Å². The van der Waals surface area contributed by atoms with E-state index in [0.29, 0.717) is 42.0 Å². The molecule has 3 aromatic rings. The van der Waals surface area contributed by atoms with Gasteiger partial charge >= 0.3 is 6.03 Å². The third kappa shape index (κ3) is 5.23. The van der Waals surface area contributed by atoms with Gasteiger partial charge in [-0.3, -0.25) is 14.9 Å². The van der Waals surface area contributed by atoms with Crippen LogP contribution in [0.15, 0.2) is 64.6 Å². The molecule has 0 bridgehead atoms. The molecule has 0 unspecified atom stereocenters. The van der Waals surface area contributed by atoms with E-state index in [4.69, 9.17) is 32.7 Å². The molecule has 184 valence electrons. The fourth-order valence-electron chi connectivity index (χ4n) is 3.43. The molecule has 1 aliphatic heterocycles. The highest BCUT2D eigenvalue weighted by Crippen LogP contribution is 2.38. The Morgan fingerprint density at radius 1 is 1.08 bits per heavy atom. The highest BCUT2D eigenvalue weighted by Gasteiger charge is 2.38. The summed E-state index contributed by atoms with van der Waals surface area (Å²) < 4.78 is 26.1. The molecule has 3 aromatic carbocycles. The van der Waals surface area contributed by atoms with Crippen LogP contribution >= 0.6 is 39.1 Å². The standard InChI is InChI=1S/C25H16BrCl2FN2O5/c1-35-21-10-13(9-17(26)22(21)36-12-14-6-7-15(27)11-18(14)28)8-16-23(32)30-25(34)31(24(16)33)20-5-3-2-4-19(20)29/h2-11H,12H2,1H3,(H,30,32,34)/b16-8-. The lowest BCUT2D eigenvalue weighted by Crippen LogP contribution is -2.54. The molecule has 0 aliphatic carbocycles. The number of benzene rings is 3. The fourth-order valence-corrected chi connectivity index (χ4v) is 4.47. The van der Waals surface area contributed by atoms with Crippen molar-refractivity contribution in [3.8, 4) is 11.5 Å². The summed E-state index contributed by atoms with van der Waals surface area (Å²) in [6.45, 7) is 0.117. The molecule has 36 heavy (non-hydrogen) atoms. The van der Waals surface area contributed by atoms with Gasteiger partial charge in [-0.1, -0.05) is 41.4 Å². The number of halogens is 4. The molecule has 0 spiro atoms. The number of anilines is 1. The highest BCUT2D eigenvalue weighted by molar-refractivity contribution is 9.10. The number of carbonyl (C=O) groups is 3. The minimum Gasteiger partial charge on any atom is -0.493 e. The Morgan fingerprint density at radius 3 is 2.53 bits per heavy atom. The Hall–Kier alpha value is -3.40. The number of carbonyl (C=O) groups excluding carboxylic acids is 3. The lowest BCUT2D eigenvalue weighted by Gasteiger charge is -2.26. The molecule has 4 amide bonds. The minimum atomic E-state index is -1.05. The molecule has 0 saturated carbocycles. The van der Waals surface area contributed by atoms with Crippen molar-refractivity contribution in [3.63, 3.8) is 0 Å². The molecular weight excluding hydrogens is 578 g/mol. The van der Waals surface area contributed by atoms with Crippen molar-refractivity contribution in [3.05, 3.63) is 91.6 Å². The van der Waals surface area contributed by atoms with Gasteiger partial charge in [0.2, 0.25) is 0 Å². The summed E-state index contributed by atoms with van der Waals surface area (Å²) in [4.78, 5) is 38.4. The zero-order valence-electron chi connectivity index (χ0n) is 18.5. The van der Waals surface area contributed by atoms with E-state index in [1.165, 1.54) is 31.4 Å². The van der Waals surface area contributed by atoms with Crippen molar-refractivity contribution >= 4 is 68.7 Å². The van der Waals surface area contributed by atoms with E-state index in [1.54, 1.807) is 30.3 Å². The number of ether oxygens (including phenoxy) is 2. The topological polar surface area (TPSA) is 84.9 Å². The van der Waals surface area contributed by atoms with Gasteiger partial charge in [0.05, 0.1) is 17.3 Å². The normalized spacial score (nSPS) is 14.8. The van der Waals surface area contributed by atoms with Crippen molar-refractivity contribution in [2.24, 2.45) is 0 Å². The van der Waals surface area contributed by atoms with Gasteiger partial charge in [0, 0.05) is 15.6 Å². The van der Waals surface area contributed by atoms with Crippen molar-refractivity contribution < 1.29 is 28.2 Å². The van der Waals surface area contributed by atoms with Crippen LogP contribution in [-0.4, -0.2) is 25.0 Å². The number of urea groups is 1. The van der Waals surface area contributed by atoms with E-state index in [0.717, 1.165) is 6.07 Å². The van der Waals surface area contributed by atoms with Crippen LogP contribution < -0.4 is 19.7 Å². The van der Waals surface area contributed by atoms with Crippen LogP contribution in [0.5, 0.6) is 11.5 Å². The maximum atomic E-state index is 14.3. The maximum absolute atomic E-state index is 14.3. The first-order valence-corrected chi connectivity index (χ1v) is 11.8. The van der Waals surface area contributed by atoms with Crippen LogP contribution in [0, 0.1) is 5.82 Å². The number of nitrogens with one attached hydrogen (secondary N) is 1. The van der Waals surface area contributed by atoms with Crippen LogP contribution in [0.4, 0.5) is 14.9 Å². The first kappa shape index (κ1) is 25.7. The van der Waals surface area contributed by atoms with Gasteiger partial charge < -0.3 is 9.47 Å². The average molecular weight is 594 g/mol. The Balaban J connectivity index is 1.65. The molecule has 0 atom stereocenters. The van der Waals surface area contributed by atoms with Gasteiger partial charge in [-0.25, -0.2) is 14.1 Å². The third-order valence-electron chi connectivity index (χ3n) is 5.14. The van der Waals surface area contributed by atoms with Crippen LogP contribution in [0.25, 0.3) is 6.08 Å². The molecule has 0 radical (unpaired) electrons. The van der Waals surface area contributed by atoms with Gasteiger partial charge in [-0.15, -0.1) is 0 Å². The van der Waals surface area contributed by atoms with E-state index in [9.17, 15) is 18.8 Å². The molecule has 1 heterocycles. The van der Waals surface area contributed by atoms with E-state index in [-0.39, 0.29) is 17.9 Å². The first-order valence-electron chi connectivity index (χ1n) is 10.3. The second-order valence-corrected chi connectivity index (χ2v) is 9.17. The molecule has 11 heteroatoms. The zero-order valence-corrected chi connectivity index (χ0v) is 21.6. The Bertz CT molecular complexity index is 1430. The number of imide groups is 2. The van der Waals surface area contributed by atoms with Gasteiger partial charge in [0.1, 0.15) is 18.0 Å². The summed E-state index contributed by atoms with van der Waals surface area (Å²) in [5.41, 5.74) is 0.440. The Morgan fingerprint density at radius 2 is 1.83 bits per heavy atom. The van der Waals surface area contributed by atoms with Crippen LogP contribution in [0.3, 0.4) is 0 Å². The number of para-hydroxylation sites is 1. The zero-order chi connectivity index (χ0) is 26.0. The third-order valence-corrected chi connectivity index (χ3v) is 6.32. The van der Waals surface area contributed by atoms with E-state index < -0.39 is 23.7 Å². The summed E-state index contributed by atoms with van der Waals surface area (Å²) in [6.07, 6.45) is 1.27. The summed E-state index contributed by atoms with van der Waals surface area (Å²) in [5.74, 6) is -2.02. The predicted octanol–water partition coefficient (Wildman–Crippen LogP) is 6.15. The van der Waals surface area contributed by atoms with E-state index in [2.05, 4.69) is 21.2 Å². The molecule has 7 nitrogen and oxygen atoms in total. The Labute approximate surface area is 223 Å². The van der Waals surface area contributed by atoms with E-state index >= 15 is 0 Å². The van der Waals surface area contributed by atoms with Crippen LogP contribution in [-0.2, 0) is 16.2 Å². The molecule has 1 fully saturated rings. The second kappa shape index (κ2) is 10.7. The van der Waals surface area contributed by atoms with Crippen LogP contribution in [0.2, 0.25) is 10.0 Å². The Kier molecular flexibility index (Phi) is 7.63. The number of hydrogen-bond acceptors (Lipinski definition) is 5. The SMILES string of the molecule is COc1cc(/C=C2/C(=O)NC(=O)N(c3ccccc3F)C2=O)cc(Br)c1OCc1ccc(Cl)cc1Cl. The summed E-state index contributed by atoms with van der Waals surface area (Å²) in [6, 6.07) is 12.4. The molecule has 4 rings (SSSR count). The van der Waals surface area contributed by atoms with Crippen molar-refractivity contribution in [1.82, 2.24) is 5.32 Å². The molecule has 1 N–H and O–H groups in total. The second-order valence-electron chi connectivity index (χ2n) is 7.47. The van der Waals surface area contributed by atoms with Crippen LogP contribution in [0.1, 0.15) is 11.1 Å². The van der Waals surface area contributed by atoms with Gasteiger partial charge in [0.15, 0.2) is 11.5 Å². The first-order chi connectivity index (χ1) is 17.2. The lowest BCUT2D eigenvalue weighted by atomic mass is 10.1. The largest absolute Gasteiger partial charge is 0.493 e. The minimum absolute atomic E-state index is 0.117. The summed E-state index contributed by atoms with van der Waals surface area (Å²) in [7, 11) is 1.43. The number of amides is 4. The molecular formula is C25H16BrCl2FN2O5. The average Bonchev–Trinajstić information content (AvgIpc) is 2.83. The monoisotopic (exact) mass is 592 g/mol. The molecule has 1 saturated heterocycles. The number of hydrogen-bond donors (Lipinski definition) is 1. The van der Waals surface area contributed by atoms with Gasteiger partial charge in [-0.05, 0) is 64.0 Å². The smallest absolute Gasteiger partial charge is 0.336 e. The van der Waals surface area contributed by atoms with Gasteiger partial charge in [-0.2, -0.15) is 0 Å². The maximum Gasteiger partial charge on any atom is 0.336 e. The summed E-state index contributed by atoms with van der Waals surface area (Å²) >= 11 is 15.6. The number of nitrogens with zero attached hydrogens (tertiary/aromatic N) is 1.